The lowest BCUT2D eigenvalue weighted by Gasteiger charge is -2.12. The second-order valence-corrected chi connectivity index (χ2v) is 7.20. The SMILES string of the molecule is N#CC(=Cc1ccccc1OCc1c(Cl)cccc1Cl)C(=O)Nc1nccs1. The Labute approximate surface area is 175 Å². The van der Waals surface area contributed by atoms with Crippen molar-refractivity contribution in [2.24, 2.45) is 0 Å². The third-order valence-electron chi connectivity index (χ3n) is 3.67. The lowest BCUT2D eigenvalue weighted by atomic mass is 10.1. The molecule has 1 aromatic heterocycles. The molecule has 28 heavy (non-hydrogen) atoms. The van der Waals surface area contributed by atoms with Crippen molar-refractivity contribution >= 4 is 51.7 Å². The van der Waals surface area contributed by atoms with Crippen molar-refractivity contribution in [3.05, 3.63) is 80.8 Å². The summed E-state index contributed by atoms with van der Waals surface area (Å²) in [5.74, 6) is -0.0466. The van der Waals surface area contributed by atoms with Gasteiger partial charge in [-0.1, -0.05) is 47.5 Å². The molecular weight excluding hydrogens is 417 g/mol. The number of benzene rings is 2. The van der Waals surface area contributed by atoms with Crippen LogP contribution in [0.25, 0.3) is 6.08 Å². The Morgan fingerprint density at radius 3 is 2.64 bits per heavy atom. The lowest BCUT2D eigenvalue weighted by Crippen LogP contribution is -2.13. The van der Waals surface area contributed by atoms with Gasteiger partial charge in [-0.15, -0.1) is 11.3 Å². The molecule has 8 heteroatoms. The van der Waals surface area contributed by atoms with E-state index in [1.807, 2.05) is 6.07 Å². The summed E-state index contributed by atoms with van der Waals surface area (Å²) in [6, 6.07) is 14.2. The van der Waals surface area contributed by atoms with Crippen LogP contribution in [-0.4, -0.2) is 10.9 Å². The van der Waals surface area contributed by atoms with Crippen molar-refractivity contribution in [2.45, 2.75) is 6.61 Å². The summed E-state index contributed by atoms with van der Waals surface area (Å²) >= 11 is 13.6. The van der Waals surface area contributed by atoms with E-state index in [0.717, 1.165) is 0 Å². The van der Waals surface area contributed by atoms with E-state index in [1.165, 1.54) is 17.4 Å². The van der Waals surface area contributed by atoms with E-state index >= 15 is 0 Å². The molecule has 2 aromatic carbocycles. The highest BCUT2D eigenvalue weighted by Crippen LogP contribution is 2.28. The maximum absolute atomic E-state index is 12.3. The average molecular weight is 430 g/mol. The number of para-hydroxylation sites is 1. The van der Waals surface area contributed by atoms with Crippen LogP contribution in [0.15, 0.2) is 59.6 Å². The number of carbonyl (C=O) groups is 1. The maximum atomic E-state index is 12.3. The molecule has 0 saturated heterocycles. The number of amides is 1. The quantitative estimate of drug-likeness (QED) is 0.410. The van der Waals surface area contributed by atoms with Crippen molar-refractivity contribution in [2.75, 3.05) is 5.32 Å². The minimum Gasteiger partial charge on any atom is -0.488 e. The van der Waals surface area contributed by atoms with E-state index in [0.29, 0.717) is 32.1 Å². The zero-order valence-corrected chi connectivity index (χ0v) is 16.7. The molecule has 1 N–H and O–H groups in total. The summed E-state index contributed by atoms with van der Waals surface area (Å²) in [6.07, 6.45) is 3.03. The van der Waals surface area contributed by atoms with Gasteiger partial charge in [-0.25, -0.2) is 4.98 Å². The van der Waals surface area contributed by atoms with Crippen LogP contribution in [-0.2, 0) is 11.4 Å². The Morgan fingerprint density at radius 1 is 1.21 bits per heavy atom. The molecule has 3 aromatic rings. The van der Waals surface area contributed by atoms with Gasteiger partial charge in [-0.2, -0.15) is 5.26 Å². The number of anilines is 1. The van der Waals surface area contributed by atoms with Crippen LogP contribution in [0.4, 0.5) is 5.13 Å². The minimum atomic E-state index is -0.540. The van der Waals surface area contributed by atoms with E-state index in [1.54, 1.807) is 54.0 Å². The molecule has 1 amide bonds. The number of halogens is 2. The van der Waals surface area contributed by atoms with E-state index in [-0.39, 0.29) is 12.2 Å². The summed E-state index contributed by atoms with van der Waals surface area (Å²) in [6.45, 7) is 0.149. The van der Waals surface area contributed by atoms with Gasteiger partial charge in [0.25, 0.3) is 5.91 Å². The second kappa shape index (κ2) is 9.38. The van der Waals surface area contributed by atoms with E-state index in [9.17, 15) is 10.1 Å². The van der Waals surface area contributed by atoms with Crippen molar-refractivity contribution in [1.29, 1.82) is 5.26 Å². The highest BCUT2D eigenvalue weighted by molar-refractivity contribution is 7.13. The monoisotopic (exact) mass is 429 g/mol. The van der Waals surface area contributed by atoms with Gasteiger partial charge < -0.3 is 4.74 Å². The second-order valence-electron chi connectivity index (χ2n) is 5.49. The van der Waals surface area contributed by atoms with Gasteiger partial charge in [0.2, 0.25) is 0 Å². The first-order valence-electron chi connectivity index (χ1n) is 8.06. The fourth-order valence-corrected chi connectivity index (χ4v) is 3.34. The summed E-state index contributed by atoms with van der Waals surface area (Å²) < 4.78 is 5.85. The largest absolute Gasteiger partial charge is 0.488 e. The number of ether oxygens (including phenoxy) is 1. The normalized spacial score (nSPS) is 11.0. The molecule has 0 aliphatic rings. The van der Waals surface area contributed by atoms with Gasteiger partial charge in [0.1, 0.15) is 24.0 Å². The number of nitrogens with one attached hydrogen (secondary N) is 1. The molecule has 1 heterocycles. The highest BCUT2D eigenvalue weighted by Gasteiger charge is 2.13. The molecule has 0 unspecified atom stereocenters. The van der Waals surface area contributed by atoms with Crippen molar-refractivity contribution < 1.29 is 9.53 Å². The number of thiazole rings is 1. The van der Waals surface area contributed by atoms with E-state index < -0.39 is 5.91 Å². The predicted molar refractivity (Wildman–Crippen MR) is 112 cm³/mol. The van der Waals surface area contributed by atoms with Crippen molar-refractivity contribution in [3.63, 3.8) is 0 Å². The molecule has 0 aliphatic carbocycles. The van der Waals surface area contributed by atoms with Gasteiger partial charge in [-0.3, -0.25) is 10.1 Å². The average Bonchev–Trinajstić information content (AvgIpc) is 3.19. The Morgan fingerprint density at radius 2 is 1.96 bits per heavy atom. The minimum absolute atomic E-state index is 0.0676. The first-order valence-corrected chi connectivity index (χ1v) is 9.69. The molecule has 3 rings (SSSR count). The number of rotatable bonds is 6. The van der Waals surface area contributed by atoms with E-state index in [4.69, 9.17) is 27.9 Å². The molecule has 0 spiro atoms. The molecule has 0 atom stereocenters. The predicted octanol–water partition coefficient (Wildman–Crippen LogP) is 5.57. The molecule has 0 saturated carbocycles. The summed E-state index contributed by atoms with van der Waals surface area (Å²) in [5, 5.41) is 15.1. The van der Waals surface area contributed by atoms with Gasteiger partial charge in [-0.05, 0) is 24.3 Å². The zero-order valence-electron chi connectivity index (χ0n) is 14.4. The van der Waals surface area contributed by atoms with Gasteiger partial charge >= 0.3 is 0 Å². The summed E-state index contributed by atoms with van der Waals surface area (Å²) in [5.41, 5.74) is 1.17. The van der Waals surface area contributed by atoms with Crippen LogP contribution in [0, 0.1) is 11.3 Å². The fourth-order valence-electron chi connectivity index (χ4n) is 2.31. The number of hydrogen-bond acceptors (Lipinski definition) is 5. The molecule has 5 nitrogen and oxygen atoms in total. The number of hydrogen-bond donors (Lipinski definition) is 1. The third-order valence-corrected chi connectivity index (χ3v) is 5.07. The van der Waals surface area contributed by atoms with Crippen molar-refractivity contribution in [3.8, 4) is 11.8 Å². The molecule has 140 valence electrons. The number of carbonyl (C=O) groups excluding carboxylic acids is 1. The summed E-state index contributed by atoms with van der Waals surface area (Å²) in [4.78, 5) is 16.3. The Hall–Kier alpha value is -2.85. The van der Waals surface area contributed by atoms with Crippen LogP contribution in [0.5, 0.6) is 5.75 Å². The van der Waals surface area contributed by atoms with Crippen LogP contribution >= 0.6 is 34.5 Å². The molecule has 0 aliphatic heterocycles. The van der Waals surface area contributed by atoms with E-state index in [2.05, 4.69) is 10.3 Å². The maximum Gasteiger partial charge on any atom is 0.268 e. The Bertz CT molecular complexity index is 1040. The van der Waals surface area contributed by atoms with Crippen LogP contribution < -0.4 is 10.1 Å². The molecule has 0 fully saturated rings. The first-order chi connectivity index (χ1) is 13.6. The topological polar surface area (TPSA) is 75.0 Å². The number of nitriles is 1. The fraction of sp³-hybridized carbons (Fsp3) is 0.0500. The third kappa shape index (κ3) is 4.90. The van der Waals surface area contributed by atoms with Crippen LogP contribution in [0.1, 0.15) is 11.1 Å². The first kappa shape index (κ1) is 19.9. The highest BCUT2D eigenvalue weighted by atomic mass is 35.5. The van der Waals surface area contributed by atoms with Crippen LogP contribution in [0.3, 0.4) is 0 Å². The Kier molecular flexibility index (Phi) is 6.66. The summed E-state index contributed by atoms with van der Waals surface area (Å²) in [7, 11) is 0. The van der Waals surface area contributed by atoms with Gasteiger partial charge in [0.05, 0.1) is 0 Å². The lowest BCUT2D eigenvalue weighted by molar-refractivity contribution is -0.112. The number of nitrogens with zero attached hydrogens (tertiary/aromatic N) is 2. The molecular formula is C20H13Cl2N3O2S. The zero-order chi connectivity index (χ0) is 19.9. The van der Waals surface area contributed by atoms with Gasteiger partial charge in [0.15, 0.2) is 5.13 Å². The van der Waals surface area contributed by atoms with Crippen molar-refractivity contribution in [1.82, 2.24) is 4.98 Å². The Balaban J connectivity index is 1.81. The van der Waals surface area contributed by atoms with Crippen LogP contribution in [0.2, 0.25) is 10.0 Å². The van der Waals surface area contributed by atoms with Gasteiger partial charge in [0, 0.05) is 32.7 Å². The standard InChI is InChI=1S/C20H13Cl2N3O2S/c21-16-5-3-6-17(22)15(16)12-27-18-7-2-1-4-13(18)10-14(11-23)19(26)25-20-24-8-9-28-20/h1-10H,12H2,(H,24,25,26). The number of aromatic nitrogens is 1. The smallest absolute Gasteiger partial charge is 0.268 e. The molecule has 0 bridgehead atoms. The molecule has 0 radical (unpaired) electrons.